The van der Waals surface area contributed by atoms with Gasteiger partial charge >= 0.3 is 0 Å². The highest BCUT2D eigenvalue weighted by molar-refractivity contribution is 5.96. The number of hydrogen-bond donors (Lipinski definition) is 0. The number of para-hydroxylation sites is 1. The Morgan fingerprint density at radius 1 is 1.33 bits per heavy atom. The van der Waals surface area contributed by atoms with E-state index in [4.69, 9.17) is 4.52 Å². The quantitative estimate of drug-likeness (QED) is 0.808. The molecule has 1 aromatic heterocycles. The van der Waals surface area contributed by atoms with E-state index in [0.29, 0.717) is 24.7 Å². The predicted molar refractivity (Wildman–Crippen MR) is 65.2 cm³/mol. The van der Waals surface area contributed by atoms with Crippen molar-refractivity contribution in [2.75, 3.05) is 11.4 Å². The molecule has 1 fully saturated rings. The number of aromatic nitrogens is 2. The third-order valence-electron chi connectivity index (χ3n) is 3.09. The number of carbonyl (C=O) groups is 1. The monoisotopic (exact) mass is 243 g/mol. The van der Waals surface area contributed by atoms with Gasteiger partial charge in [0.1, 0.15) is 0 Å². The molecule has 1 atom stereocenters. The number of hydrogen-bond acceptors (Lipinski definition) is 4. The third kappa shape index (κ3) is 1.88. The zero-order valence-electron chi connectivity index (χ0n) is 10.0. The Kier molecular flexibility index (Phi) is 2.59. The van der Waals surface area contributed by atoms with Crippen LogP contribution in [0.5, 0.6) is 0 Å². The summed E-state index contributed by atoms with van der Waals surface area (Å²) in [5.74, 6) is 1.26. The average molecular weight is 243 g/mol. The van der Waals surface area contributed by atoms with Gasteiger partial charge in [-0.3, -0.25) is 4.79 Å². The Hall–Kier alpha value is -2.17. The lowest BCUT2D eigenvalue weighted by Crippen LogP contribution is -2.24. The molecule has 2 heterocycles. The molecule has 1 aromatic carbocycles. The van der Waals surface area contributed by atoms with E-state index in [-0.39, 0.29) is 11.8 Å². The Labute approximate surface area is 104 Å². The van der Waals surface area contributed by atoms with Crippen LogP contribution in [0.4, 0.5) is 5.69 Å². The van der Waals surface area contributed by atoms with Crippen LogP contribution in [0.25, 0.3) is 0 Å². The molecule has 2 aromatic rings. The van der Waals surface area contributed by atoms with Crippen molar-refractivity contribution in [3.63, 3.8) is 0 Å². The Morgan fingerprint density at radius 3 is 2.78 bits per heavy atom. The Morgan fingerprint density at radius 2 is 2.11 bits per heavy atom. The summed E-state index contributed by atoms with van der Waals surface area (Å²) in [7, 11) is 0. The number of amides is 1. The van der Waals surface area contributed by atoms with E-state index in [2.05, 4.69) is 10.1 Å². The first kappa shape index (κ1) is 11.0. The molecular weight excluding hydrogens is 230 g/mol. The second-order valence-corrected chi connectivity index (χ2v) is 4.42. The fraction of sp³-hybridized carbons (Fsp3) is 0.308. The minimum atomic E-state index is -0.00101. The molecule has 3 rings (SSSR count). The zero-order valence-corrected chi connectivity index (χ0v) is 10.0. The number of benzene rings is 1. The van der Waals surface area contributed by atoms with Gasteiger partial charge in [-0.2, -0.15) is 4.98 Å². The molecule has 1 saturated heterocycles. The fourth-order valence-corrected chi connectivity index (χ4v) is 2.21. The molecule has 0 bridgehead atoms. The highest BCUT2D eigenvalue weighted by Gasteiger charge is 2.34. The van der Waals surface area contributed by atoms with Gasteiger partial charge in [0.2, 0.25) is 11.8 Å². The highest BCUT2D eigenvalue weighted by Crippen LogP contribution is 2.30. The third-order valence-corrected chi connectivity index (χ3v) is 3.09. The van der Waals surface area contributed by atoms with Gasteiger partial charge in [0.15, 0.2) is 5.82 Å². The van der Waals surface area contributed by atoms with Crippen molar-refractivity contribution in [1.82, 2.24) is 10.1 Å². The first-order chi connectivity index (χ1) is 8.74. The topological polar surface area (TPSA) is 59.2 Å². The summed E-state index contributed by atoms with van der Waals surface area (Å²) >= 11 is 0. The van der Waals surface area contributed by atoms with Crippen molar-refractivity contribution >= 4 is 11.6 Å². The van der Waals surface area contributed by atoms with Gasteiger partial charge < -0.3 is 9.42 Å². The summed E-state index contributed by atoms with van der Waals surface area (Å²) in [5, 5.41) is 3.77. The molecule has 1 unspecified atom stereocenters. The number of nitrogens with zero attached hydrogens (tertiary/aromatic N) is 3. The zero-order chi connectivity index (χ0) is 12.5. The van der Waals surface area contributed by atoms with Crippen LogP contribution >= 0.6 is 0 Å². The van der Waals surface area contributed by atoms with Gasteiger partial charge in [0, 0.05) is 18.7 Å². The molecule has 0 saturated carbocycles. The summed E-state index contributed by atoms with van der Waals surface area (Å²) < 4.78 is 5.14. The molecule has 1 aliphatic heterocycles. The second kappa shape index (κ2) is 4.25. The lowest BCUT2D eigenvalue weighted by molar-refractivity contribution is -0.117. The lowest BCUT2D eigenvalue weighted by atomic mass is 10.1. The first-order valence-electron chi connectivity index (χ1n) is 5.89. The van der Waals surface area contributed by atoms with Crippen LogP contribution in [-0.4, -0.2) is 22.6 Å². The van der Waals surface area contributed by atoms with Crippen LogP contribution in [0.2, 0.25) is 0 Å². The Bertz CT molecular complexity index is 565. The van der Waals surface area contributed by atoms with Crippen LogP contribution in [0.15, 0.2) is 34.9 Å². The predicted octanol–water partition coefficient (Wildman–Crippen LogP) is 1.90. The molecule has 0 N–H and O–H groups in total. The summed E-state index contributed by atoms with van der Waals surface area (Å²) in [6.07, 6.45) is 0.427. The summed E-state index contributed by atoms with van der Waals surface area (Å²) in [4.78, 5) is 18.0. The van der Waals surface area contributed by atoms with Crippen LogP contribution in [-0.2, 0) is 4.79 Å². The smallest absolute Gasteiger partial charge is 0.232 e. The molecule has 0 radical (unpaired) electrons. The fourth-order valence-electron chi connectivity index (χ4n) is 2.21. The summed E-state index contributed by atoms with van der Waals surface area (Å²) in [6, 6.07) is 9.64. The molecule has 0 spiro atoms. The van der Waals surface area contributed by atoms with Gasteiger partial charge in [-0.1, -0.05) is 23.4 Å². The van der Waals surface area contributed by atoms with Crippen molar-refractivity contribution in [1.29, 1.82) is 0 Å². The minimum Gasteiger partial charge on any atom is -0.339 e. The normalized spacial score (nSPS) is 19.5. The van der Waals surface area contributed by atoms with E-state index in [0.717, 1.165) is 5.69 Å². The maximum atomic E-state index is 12.0. The van der Waals surface area contributed by atoms with Crippen LogP contribution in [0.1, 0.15) is 24.1 Å². The van der Waals surface area contributed by atoms with E-state index in [1.807, 2.05) is 30.3 Å². The van der Waals surface area contributed by atoms with Crippen molar-refractivity contribution in [3.05, 3.63) is 42.0 Å². The second-order valence-electron chi connectivity index (χ2n) is 4.42. The van der Waals surface area contributed by atoms with E-state index in [1.54, 1.807) is 11.8 Å². The minimum absolute atomic E-state index is 0.00101. The van der Waals surface area contributed by atoms with Crippen molar-refractivity contribution in [3.8, 4) is 0 Å². The van der Waals surface area contributed by atoms with Crippen molar-refractivity contribution in [2.24, 2.45) is 0 Å². The number of anilines is 1. The van der Waals surface area contributed by atoms with Crippen LogP contribution in [0, 0.1) is 6.92 Å². The molecule has 5 heteroatoms. The van der Waals surface area contributed by atoms with Crippen LogP contribution in [0.3, 0.4) is 0 Å². The standard InChI is InChI=1S/C13H13N3O2/c1-9-14-13(18-15-9)10-7-12(17)16(8-10)11-5-3-2-4-6-11/h2-6,10H,7-8H2,1H3. The largest absolute Gasteiger partial charge is 0.339 e. The average Bonchev–Trinajstić information content (AvgIpc) is 2.97. The summed E-state index contributed by atoms with van der Waals surface area (Å²) in [6.45, 7) is 2.38. The van der Waals surface area contributed by atoms with Crippen LogP contribution < -0.4 is 4.90 Å². The first-order valence-corrected chi connectivity index (χ1v) is 5.89. The van der Waals surface area contributed by atoms with Crippen molar-refractivity contribution < 1.29 is 9.32 Å². The molecule has 1 aliphatic rings. The van der Waals surface area contributed by atoms with E-state index in [1.165, 1.54) is 0 Å². The maximum Gasteiger partial charge on any atom is 0.232 e. The van der Waals surface area contributed by atoms with Gasteiger partial charge in [0.25, 0.3) is 0 Å². The highest BCUT2D eigenvalue weighted by atomic mass is 16.5. The van der Waals surface area contributed by atoms with Gasteiger partial charge in [-0.05, 0) is 19.1 Å². The molecule has 92 valence electrons. The van der Waals surface area contributed by atoms with Crippen molar-refractivity contribution in [2.45, 2.75) is 19.3 Å². The molecular formula is C13H13N3O2. The molecule has 0 aliphatic carbocycles. The lowest BCUT2D eigenvalue weighted by Gasteiger charge is -2.15. The summed E-state index contributed by atoms with van der Waals surface area (Å²) in [5.41, 5.74) is 0.918. The van der Waals surface area contributed by atoms with E-state index >= 15 is 0 Å². The van der Waals surface area contributed by atoms with E-state index in [9.17, 15) is 4.79 Å². The number of carbonyl (C=O) groups excluding carboxylic acids is 1. The van der Waals surface area contributed by atoms with E-state index < -0.39 is 0 Å². The van der Waals surface area contributed by atoms with Gasteiger partial charge in [-0.15, -0.1) is 0 Å². The number of rotatable bonds is 2. The maximum absolute atomic E-state index is 12.0. The van der Waals surface area contributed by atoms with Gasteiger partial charge in [0.05, 0.1) is 5.92 Å². The molecule has 5 nitrogen and oxygen atoms in total. The Balaban J connectivity index is 1.83. The molecule has 1 amide bonds. The SMILES string of the molecule is Cc1noc(C2CC(=O)N(c3ccccc3)C2)n1. The molecule has 18 heavy (non-hydrogen) atoms. The number of aryl methyl sites for hydroxylation is 1. The van der Waals surface area contributed by atoms with Gasteiger partial charge in [-0.25, -0.2) is 0 Å².